The third-order valence-corrected chi connectivity index (χ3v) is 5.94. The van der Waals surface area contributed by atoms with Crippen LogP contribution in [0.25, 0.3) is 0 Å². The molecule has 0 saturated heterocycles. The van der Waals surface area contributed by atoms with Gasteiger partial charge in [-0.1, -0.05) is 107 Å². The number of ether oxygens (including phenoxy) is 4. The summed E-state index contributed by atoms with van der Waals surface area (Å²) in [5.41, 5.74) is 0. The summed E-state index contributed by atoms with van der Waals surface area (Å²) >= 11 is 2.43. The van der Waals surface area contributed by atoms with Crippen LogP contribution in [-0.4, -0.2) is 57.3 Å². The van der Waals surface area contributed by atoms with Crippen molar-refractivity contribution >= 4 is 22.6 Å². The highest BCUT2D eigenvalue weighted by Crippen LogP contribution is 2.11. The molecule has 182 valence electrons. The van der Waals surface area contributed by atoms with Crippen LogP contribution in [-0.2, 0) is 18.9 Å². The zero-order valence-corrected chi connectivity index (χ0v) is 22.1. The van der Waals surface area contributed by atoms with E-state index in [4.69, 9.17) is 18.9 Å². The number of hydrogen-bond acceptors (Lipinski definition) is 4. The molecule has 0 atom stereocenters. The molecule has 0 aliphatic heterocycles. The first-order chi connectivity index (χ1) is 14.9. The summed E-state index contributed by atoms with van der Waals surface area (Å²) < 4.78 is 23.5. The molecule has 30 heavy (non-hydrogen) atoms. The van der Waals surface area contributed by atoms with Crippen molar-refractivity contribution in [2.45, 2.75) is 103 Å². The Balaban J connectivity index is 2.97. The van der Waals surface area contributed by atoms with Gasteiger partial charge >= 0.3 is 0 Å². The van der Waals surface area contributed by atoms with Gasteiger partial charge in [0.2, 0.25) is 0 Å². The van der Waals surface area contributed by atoms with Gasteiger partial charge < -0.3 is 18.9 Å². The largest absolute Gasteiger partial charge is 0.379 e. The molecule has 0 rings (SSSR count). The van der Waals surface area contributed by atoms with Gasteiger partial charge in [0, 0.05) is 13.2 Å². The van der Waals surface area contributed by atoms with Crippen molar-refractivity contribution in [2.24, 2.45) is 0 Å². The van der Waals surface area contributed by atoms with E-state index in [1.807, 2.05) is 0 Å². The van der Waals surface area contributed by atoms with E-state index < -0.39 is 0 Å². The normalized spacial score (nSPS) is 11.4. The Kier molecular flexibility index (Phi) is 30.1. The SMILES string of the molecule is CCCCCCCCCCCCCOCCOCCOCCOCCCCCCI. The van der Waals surface area contributed by atoms with Crippen LogP contribution in [0.4, 0.5) is 0 Å². The van der Waals surface area contributed by atoms with Crippen molar-refractivity contribution < 1.29 is 18.9 Å². The molecular formula is C25H51IO4. The minimum Gasteiger partial charge on any atom is -0.379 e. The van der Waals surface area contributed by atoms with Gasteiger partial charge in [0.05, 0.1) is 39.6 Å². The van der Waals surface area contributed by atoms with Gasteiger partial charge in [-0.2, -0.15) is 0 Å². The average molecular weight is 543 g/mol. The monoisotopic (exact) mass is 542 g/mol. The number of hydrogen-bond donors (Lipinski definition) is 0. The maximum Gasteiger partial charge on any atom is 0.0701 e. The fraction of sp³-hybridized carbons (Fsp3) is 1.00. The number of rotatable bonds is 27. The number of alkyl halides is 1. The molecule has 5 heteroatoms. The maximum absolute atomic E-state index is 5.64. The van der Waals surface area contributed by atoms with E-state index in [1.165, 1.54) is 101 Å². The number of halogens is 1. The Morgan fingerprint density at radius 2 is 0.667 bits per heavy atom. The zero-order chi connectivity index (χ0) is 21.8. The molecule has 0 spiro atoms. The Morgan fingerprint density at radius 1 is 0.367 bits per heavy atom. The summed E-state index contributed by atoms with van der Waals surface area (Å²) in [4.78, 5) is 0. The van der Waals surface area contributed by atoms with Gasteiger partial charge in [0.15, 0.2) is 0 Å². The van der Waals surface area contributed by atoms with E-state index in [0.717, 1.165) is 13.2 Å². The predicted octanol–water partition coefficient (Wildman–Crippen LogP) is 7.36. The molecule has 4 nitrogen and oxygen atoms in total. The van der Waals surface area contributed by atoms with Crippen molar-refractivity contribution in [3.63, 3.8) is 0 Å². The smallest absolute Gasteiger partial charge is 0.0701 e. The van der Waals surface area contributed by atoms with Gasteiger partial charge in [-0.3, -0.25) is 0 Å². The minimum absolute atomic E-state index is 0.637. The van der Waals surface area contributed by atoms with Crippen molar-refractivity contribution in [3.8, 4) is 0 Å². The van der Waals surface area contributed by atoms with Gasteiger partial charge in [0.25, 0.3) is 0 Å². The van der Waals surface area contributed by atoms with Crippen molar-refractivity contribution in [2.75, 3.05) is 57.3 Å². The minimum atomic E-state index is 0.637. The second kappa shape index (κ2) is 29.6. The lowest BCUT2D eigenvalue weighted by Gasteiger charge is -2.07. The molecule has 0 aliphatic carbocycles. The molecule has 0 bridgehead atoms. The van der Waals surface area contributed by atoms with Gasteiger partial charge in [0.1, 0.15) is 0 Å². The zero-order valence-electron chi connectivity index (χ0n) is 20.0. The molecule has 0 amide bonds. The second-order valence-electron chi connectivity index (χ2n) is 8.09. The molecular weight excluding hydrogens is 491 g/mol. The van der Waals surface area contributed by atoms with E-state index in [0.29, 0.717) is 39.6 Å². The summed E-state index contributed by atoms with van der Waals surface area (Å²) in [5, 5.41) is 0. The summed E-state index contributed by atoms with van der Waals surface area (Å²) in [7, 11) is 0. The highest BCUT2D eigenvalue weighted by molar-refractivity contribution is 14.1. The highest BCUT2D eigenvalue weighted by atomic mass is 127. The second-order valence-corrected chi connectivity index (χ2v) is 9.17. The molecule has 0 aliphatic rings. The Labute approximate surface area is 201 Å². The van der Waals surface area contributed by atoms with E-state index in [9.17, 15) is 0 Å². The van der Waals surface area contributed by atoms with Crippen LogP contribution in [0.15, 0.2) is 0 Å². The third-order valence-electron chi connectivity index (χ3n) is 5.18. The summed E-state index contributed by atoms with van der Waals surface area (Å²) in [6.45, 7) is 7.98. The lowest BCUT2D eigenvalue weighted by atomic mass is 10.1. The summed E-state index contributed by atoms with van der Waals surface area (Å²) in [5.74, 6) is 0. The molecule has 0 aromatic rings. The van der Waals surface area contributed by atoms with E-state index in [1.54, 1.807) is 0 Å². The van der Waals surface area contributed by atoms with Crippen LogP contribution in [0, 0.1) is 0 Å². The van der Waals surface area contributed by atoms with Gasteiger partial charge in [-0.05, 0) is 23.7 Å². The van der Waals surface area contributed by atoms with E-state index in [2.05, 4.69) is 29.5 Å². The fourth-order valence-electron chi connectivity index (χ4n) is 3.28. The van der Waals surface area contributed by atoms with Crippen molar-refractivity contribution in [1.82, 2.24) is 0 Å². The molecule has 0 aromatic heterocycles. The Bertz CT molecular complexity index is 264. The van der Waals surface area contributed by atoms with Gasteiger partial charge in [-0.15, -0.1) is 0 Å². The van der Waals surface area contributed by atoms with Crippen LogP contribution in [0.3, 0.4) is 0 Å². The van der Waals surface area contributed by atoms with Crippen molar-refractivity contribution in [3.05, 3.63) is 0 Å². The topological polar surface area (TPSA) is 36.9 Å². The first kappa shape index (κ1) is 30.6. The summed E-state index contributed by atoms with van der Waals surface area (Å²) in [6, 6.07) is 0. The van der Waals surface area contributed by atoms with Crippen LogP contribution in [0.5, 0.6) is 0 Å². The fourth-order valence-corrected chi connectivity index (χ4v) is 3.82. The van der Waals surface area contributed by atoms with Crippen LogP contribution >= 0.6 is 22.6 Å². The lowest BCUT2D eigenvalue weighted by molar-refractivity contribution is -0.00248. The van der Waals surface area contributed by atoms with Crippen molar-refractivity contribution in [1.29, 1.82) is 0 Å². The van der Waals surface area contributed by atoms with Crippen LogP contribution in [0.2, 0.25) is 0 Å². The molecule has 0 saturated carbocycles. The highest BCUT2D eigenvalue weighted by Gasteiger charge is 1.95. The Hall–Kier alpha value is 0.570. The molecule has 0 fully saturated rings. The standard InChI is InChI=1S/C25H51IO4/c1-2-3-4-5-6-7-8-9-10-12-15-18-27-20-22-29-24-25-30-23-21-28-19-16-13-11-14-17-26/h2-25H2,1H3. The maximum atomic E-state index is 5.64. The number of unbranched alkanes of at least 4 members (excludes halogenated alkanes) is 13. The lowest BCUT2D eigenvalue weighted by Crippen LogP contribution is -2.12. The molecule has 0 unspecified atom stereocenters. The first-order valence-electron chi connectivity index (χ1n) is 12.8. The van der Waals surface area contributed by atoms with Crippen LogP contribution in [0.1, 0.15) is 103 Å². The van der Waals surface area contributed by atoms with Gasteiger partial charge in [-0.25, -0.2) is 0 Å². The van der Waals surface area contributed by atoms with Crippen LogP contribution < -0.4 is 0 Å². The summed E-state index contributed by atoms with van der Waals surface area (Å²) in [6.07, 6.45) is 20.2. The molecule has 0 heterocycles. The molecule has 0 N–H and O–H groups in total. The predicted molar refractivity (Wildman–Crippen MR) is 137 cm³/mol. The molecule has 0 radical (unpaired) electrons. The quantitative estimate of drug-likeness (QED) is 0.0618. The first-order valence-corrected chi connectivity index (χ1v) is 14.3. The average Bonchev–Trinajstić information content (AvgIpc) is 2.76. The Morgan fingerprint density at radius 3 is 1.03 bits per heavy atom. The van der Waals surface area contributed by atoms with E-state index in [-0.39, 0.29) is 0 Å². The third kappa shape index (κ3) is 28.6. The van der Waals surface area contributed by atoms with E-state index >= 15 is 0 Å². The molecule has 0 aromatic carbocycles.